The zero-order valence-electron chi connectivity index (χ0n) is 7.39. The molecule has 2 N–H and O–H groups in total. The summed E-state index contributed by atoms with van der Waals surface area (Å²) in [5.74, 6) is 0. The van der Waals surface area contributed by atoms with Gasteiger partial charge >= 0.3 is 0 Å². The third-order valence-corrected chi connectivity index (χ3v) is 2.76. The van der Waals surface area contributed by atoms with Crippen molar-refractivity contribution in [3.8, 4) is 0 Å². The lowest BCUT2D eigenvalue weighted by Crippen LogP contribution is -2.12. The molecular weight excluding hydrogens is 204 g/mol. The molecule has 0 aliphatic rings. The summed E-state index contributed by atoms with van der Waals surface area (Å²) in [5.41, 5.74) is 1.20. The molecule has 0 unspecified atom stereocenters. The zero-order valence-corrected chi connectivity index (χ0v) is 8.21. The third kappa shape index (κ3) is 1.28. The molecule has 14 heavy (non-hydrogen) atoms. The minimum atomic E-state index is -3.81. The fourth-order valence-corrected chi connectivity index (χ4v) is 2.01. The number of rotatable bonds is 1. The van der Waals surface area contributed by atoms with Gasteiger partial charge in [0.15, 0.2) is 5.58 Å². The standard InChI is InChI=1S/C8H8N2O3S/c1-5-3-2-4-6-7(5)8(10-13-6)14(9,11)12/h2-4H,1H3,(H2,9,11,12). The summed E-state index contributed by atoms with van der Waals surface area (Å²) < 4.78 is 27.1. The molecule has 0 saturated heterocycles. The Labute approximate surface area is 80.5 Å². The van der Waals surface area contributed by atoms with Gasteiger partial charge in [0, 0.05) is 0 Å². The molecule has 0 atom stereocenters. The van der Waals surface area contributed by atoms with E-state index in [2.05, 4.69) is 5.16 Å². The highest BCUT2D eigenvalue weighted by Gasteiger charge is 2.19. The number of aryl methyl sites for hydroxylation is 1. The van der Waals surface area contributed by atoms with E-state index in [1.165, 1.54) is 0 Å². The van der Waals surface area contributed by atoms with Crippen LogP contribution in [0.4, 0.5) is 0 Å². The Morgan fingerprint density at radius 1 is 1.43 bits per heavy atom. The average Bonchev–Trinajstić information content (AvgIpc) is 2.47. The van der Waals surface area contributed by atoms with Crippen LogP contribution in [0.2, 0.25) is 0 Å². The molecule has 0 fully saturated rings. The Balaban J connectivity index is 2.94. The molecule has 1 aromatic carbocycles. The van der Waals surface area contributed by atoms with E-state index < -0.39 is 10.0 Å². The second-order valence-corrected chi connectivity index (χ2v) is 4.46. The normalized spacial score (nSPS) is 12.1. The predicted octanol–water partition coefficient (Wildman–Crippen LogP) is 0.784. The van der Waals surface area contributed by atoms with Gasteiger partial charge in [-0.1, -0.05) is 17.3 Å². The minimum Gasteiger partial charge on any atom is -0.355 e. The highest BCUT2D eigenvalue weighted by Crippen LogP contribution is 2.24. The molecule has 5 nitrogen and oxygen atoms in total. The van der Waals surface area contributed by atoms with Crippen molar-refractivity contribution in [1.82, 2.24) is 5.16 Å². The number of primary sulfonamides is 1. The molecule has 0 bridgehead atoms. The summed E-state index contributed by atoms with van der Waals surface area (Å²) >= 11 is 0. The Bertz CT molecular complexity index is 586. The first-order valence-electron chi connectivity index (χ1n) is 3.88. The second kappa shape index (κ2) is 2.79. The molecule has 0 aliphatic heterocycles. The van der Waals surface area contributed by atoms with Crippen molar-refractivity contribution in [2.75, 3.05) is 0 Å². The van der Waals surface area contributed by atoms with Crippen molar-refractivity contribution >= 4 is 21.0 Å². The maximum absolute atomic E-state index is 11.1. The quantitative estimate of drug-likeness (QED) is 0.756. The number of aromatic nitrogens is 1. The third-order valence-electron chi connectivity index (χ3n) is 1.94. The Hall–Kier alpha value is -1.40. The van der Waals surface area contributed by atoms with E-state index in [9.17, 15) is 8.42 Å². The van der Waals surface area contributed by atoms with E-state index in [1.807, 2.05) is 0 Å². The Kier molecular flexibility index (Phi) is 1.83. The van der Waals surface area contributed by atoms with Crippen LogP contribution in [0, 0.1) is 6.92 Å². The van der Waals surface area contributed by atoms with Crippen LogP contribution in [0.1, 0.15) is 5.56 Å². The van der Waals surface area contributed by atoms with Crippen LogP contribution in [-0.2, 0) is 10.0 Å². The Morgan fingerprint density at radius 2 is 2.14 bits per heavy atom. The fourth-order valence-electron chi connectivity index (χ4n) is 1.32. The van der Waals surface area contributed by atoms with Gasteiger partial charge in [-0.25, -0.2) is 13.6 Å². The van der Waals surface area contributed by atoms with E-state index in [0.29, 0.717) is 11.0 Å². The molecule has 0 radical (unpaired) electrons. The maximum atomic E-state index is 11.1. The smallest absolute Gasteiger partial charge is 0.259 e. The van der Waals surface area contributed by atoms with Gasteiger partial charge in [-0.2, -0.15) is 0 Å². The molecule has 2 aromatic rings. The summed E-state index contributed by atoms with van der Waals surface area (Å²) in [4.78, 5) is 0. The first-order valence-corrected chi connectivity index (χ1v) is 5.42. The second-order valence-electron chi connectivity index (χ2n) is 2.98. The van der Waals surface area contributed by atoms with Crippen LogP contribution in [0.5, 0.6) is 0 Å². The first-order chi connectivity index (χ1) is 6.50. The number of hydrogen-bond acceptors (Lipinski definition) is 4. The largest absolute Gasteiger partial charge is 0.355 e. The predicted molar refractivity (Wildman–Crippen MR) is 50.1 cm³/mol. The SMILES string of the molecule is Cc1cccc2onc(S(N)(=O)=O)c12. The van der Waals surface area contributed by atoms with Gasteiger partial charge in [0.1, 0.15) is 0 Å². The lowest BCUT2D eigenvalue weighted by atomic mass is 10.2. The van der Waals surface area contributed by atoms with Gasteiger partial charge in [-0.3, -0.25) is 0 Å². The molecular formula is C8H8N2O3S. The topological polar surface area (TPSA) is 86.2 Å². The zero-order chi connectivity index (χ0) is 10.3. The van der Waals surface area contributed by atoms with E-state index in [-0.39, 0.29) is 5.03 Å². The summed E-state index contributed by atoms with van der Waals surface area (Å²) in [7, 11) is -3.81. The van der Waals surface area contributed by atoms with Crippen LogP contribution < -0.4 is 5.14 Å². The van der Waals surface area contributed by atoms with Crippen LogP contribution in [-0.4, -0.2) is 13.6 Å². The number of benzene rings is 1. The summed E-state index contributed by atoms with van der Waals surface area (Å²) in [6.45, 7) is 1.77. The molecule has 0 saturated carbocycles. The lowest BCUT2D eigenvalue weighted by Gasteiger charge is -1.94. The molecule has 1 heterocycles. The van der Waals surface area contributed by atoms with E-state index in [0.717, 1.165) is 5.56 Å². The molecule has 74 valence electrons. The maximum Gasteiger partial charge on any atom is 0.259 e. The molecule has 0 aliphatic carbocycles. The number of sulfonamides is 1. The first kappa shape index (κ1) is 9.17. The van der Waals surface area contributed by atoms with Crippen molar-refractivity contribution in [2.24, 2.45) is 5.14 Å². The van der Waals surface area contributed by atoms with Gasteiger partial charge in [-0.15, -0.1) is 0 Å². The van der Waals surface area contributed by atoms with Crippen LogP contribution in [0.3, 0.4) is 0 Å². The van der Waals surface area contributed by atoms with E-state index in [4.69, 9.17) is 9.66 Å². The molecule has 2 rings (SSSR count). The van der Waals surface area contributed by atoms with Gasteiger partial charge in [0.2, 0.25) is 5.03 Å². The van der Waals surface area contributed by atoms with Crippen molar-refractivity contribution < 1.29 is 12.9 Å². The van der Waals surface area contributed by atoms with Gasteiger partial charge in [-0.05, 0) is 18.6 Å². The van der Waals surface area contributed by atoms with Crippen molar-refractivity contribution in [3.05, 3.63) is 23.8 Å². The number of nitrogens with zero attached hydrogens (tertiary/aromatic N) is 1. The Morgan fingerprint density at radius 3 is 2.79 bits per heavy atom. The van der Waals surface area contributed by atoms with E-state index >= 15 is 0 Å². The average molecular weight is 212 g/mol. The number of fused-ring (bicyclic) bond motifs is 1. The van der Waals surface area contributed by atoms with Crippen LogP contribution in [0.25, 0.3) is 11.0 Å². The van der Waals surface area contributed by atoms with Crippen molar-refractivity contribution in [2.45, 2.75) is 11.9 Å². The monoisotopic (exact) mass is 212 g/mol. The molecule has 6 heteroatoms. The highest BCUT2D eigenvalue weighted by molar-refractivity contribution is 7.89. The lowest BCUT2D eigenvalue weighted by molar-refractivity contribution is 0.432. The molecule has 0 spiro atoms. The number of hydrogen-bond donors (Lipinski definition) is 1. The van der Waals surface area contributed by atoms with E-state index in [1.54, 1.807) is 25.1 Å². The highest BCUT2D eigenvalue weighted by atomic mass is 32.2. The van der Waals surface area contributed by atoms with Gasteiger partial charge in [0.25, 0.3) is 10.0 Å². The summed E-state index contributed by atoms with van der Waals surface area (Å²) in [6, 6.07) is 5.17. The molecule has 0 amide bonds. The van der Waals surface area contributed by atoms with Crippen molar-refractivity contribution in [3.63, 3.8) is 0 Å². The summed E-state index contributed by atoms with van der Waals surface area (Å²) in [5, 5.41) is 8.68. The van der Waals surface area contributed by atoms with Gasteiger partial charge < -0.3 is 4.52 Å². The summed E-state index contributed by atoms with van der Waals surface area (Å²) in [6.07, 6.45) is 0. The molecule has 1 aromatic heterocycles. The fraction of sp³-hybridized carbons (Fsp3) is 0.125. The van der Waals surface area contributed by atoms with Crippen molar-refractivity contribution in [1.29, 1.82) is 0 Å². The minimum absolute atomic E-state index is 0.203. The number of nitrogens with two attached hydrogens (primary N) is 1. The van der Waals surface area contributed by atoms with Crippen LogP contribution in [0.15, 0.2) is 27.7 Å². The van der Waals surface area contributed by atoms with Crippen LogP contribution >= 0.6 is 0 Å². The van der Waals surface area contributed by atoms with Gasteiger partial charge in [0.05, 0.1) is 5.39 Å².